The molecule has 1 aromatic heterocycles. The maximum Gasteiger partial charge on any atom is 0.420 e. The van der Waals surface area contributed by atoms with Crippen LogP contribution >= 0.6 is 0 Å². The lowest BCUT2D eigenvalue weighted by atomic mass is 10.2. The third kappa shape index (κ3) is 2.90. The Morgan fingerprint density at radius 1 is 1.21 bits per heavy atom. The highest BCUT2D eigenvalue weighted by Crippen LogP contribution is 2.25. The van der Waals surface area contributed by atoms with Gasteiger partial charge in [-0.25, -0.2) is 4.79 Å². The zero-order chi connectivity index (χ0) is 17.1. The Morgan fingerprint density at radius 2 is 1.92 bits per heavy atom. The maximum atomic E-state index is 12.6. The maximum absolute atomic E-state index is 12.6. The van der Waals surface area contributed by atoms with Crippen LogP contribution in [0.5, 0.6) is 5.75 Å². The number of carbonyl (C=O) groups is 1. The minimum absolute atomic E-state index is 0.323. The van der Waals surface area contributed by atoms with Crippen molar-refractivity contribution in [3.63, 3.8) is 0 Å². The first-order valence-electron chi connectivity index (χ1n) is 7.74. The van der Waals surface area contributed by atoms with Gasteiger partial charge in [0.15, 0.2) is 5.58 Å². The molecule has 0 bridgehead atoms. The zero-order valence-corrected chi connectivity index (χ0v) is 13.5. The number of para-hydroxylation sites is 4. The third-order valence-electron chi connectivity index (χ3n) is 3.73. The van der Waals surface area contributed by atoms with Gasteiger partial charge in [-0.05, 0) is 38.1 Å². The van der Waals surface area contributed by atoms with Gasteiger partial charge in [0.2, 0.25) is 5.91 Å². The van der Waals surface area contributed by atoms with Crippen LogP contribution in [0.25, 0.3) is 11.1 Å². The highest BCUT2D eigenvalue weighted by molar-refractivity contribution is 5.95. The second-order valence-corrected chi connectivity index (χ2v) is 5.30. The van der Waals surface area contributed by atoms with Crippen molar-refractivity contribution in [3.8, 4) is 5.75 Å². The number of rotatable bonds is 5. The van der Waals surface area contributed by atoms with E-state index >= 15 is 0 Å². The van der Waals surface area contributed by atoms with Crippen molar-refractivity contribution in [1.82, 2.24) is 4.57 Å². The zero-order valence-electron chi connectivity index (χ0n) is 13.5. The number of nitrogens with one attached hydrogen (secondary N) is 1. The molecule has 2 aromatic carbocycles. The summed E-state index contributed by atoms with van der Waals surface area (Å²) < 4.78 is 12.0. The Bertz CT molecular complexity index is 926. The number of amides is 1. The SMILES string of the molecule is CCOc1ccccc1NC(=O)C(C)n1c(=O)oc2ccccc21. The van der Waals surface area contributed by atoms with Crippen molar-refractivity contribution in [2.45, 2.75) is 19.9 Å². The molecule has 3 aromatic rings. The average Bonchev–Trinajstić information content (AvgIpc) is 2.92. The fraction of sp³-hybridized carbons (Fsp3) is 0.222. The molecule has 1 N–H and O–H groups in total. The van der Waals surface area contributed by atoms with Crippen LogP contribution in [0.4, 0.5) is 5.69 Å². The predicted molar refractivity (Wildman–Crippen MR) is 91.4 cm³/mol. The number of carbonyl (C=O) groups excluding carboxylic acids is 1. The minimum atomic E-state index is -0.726. The molecule has 0 aliphatic carbocycles. The quantitative estimate of drug-likeness (QED) is 0.781. The number of fused-ring (bicyclic) bond motifs is 1. The minimum Gasteiger partial charge on any atom is -0.492 e. The molecule has 6 nitrogen and oxygen atoms in total. The van der Waals surface area contributed by atoms with E-state index in [0.717, 1.165) is 0 Å². The average molecular weight is 326 g/mol. The number of hydrogen-bond acceptors (Lipinski definition) is 4. The fourth-order valence-corrected chi connectivity index (χ4v) is 2.56. The first-order valence-corrected chi connectivity index (χ1v) is 7.74. The number of aromatic nitrogens is 1. The lowest BCUT2D eigenvalue weighted by Gasteiger charge is -2.15. The summed E-state index contributed by atoms with van der Waals surface area (Å²) in [6.45, 7) is 4.02. The molecule has 0 saturated carbocycles. The normalized spacial score (nSPS) is 12.1. The summed E-state index contributed by atoms with van der Waals surface area (Å²) in [7, 11) is 0. The summed E-state index contributed by atoms with van der Waals surface area (Å²) >= 11 is 0. The molecule has 0 radical (unpaired) electrons. The monoisotopic (exact) mass is 326 g/mol. The molecule has 0 fully saturated rings. The lowest BCUT2D eigenvalue weighted by Crippen LogP contribution is -2.29. The summed E-state index contributed by atoms with van der Waals surface area (Å²) in [5, 5.41) is 2.81. The molecule has 6 heteroatoms. The lowest BCUT2D eigenvalue weighted by molar-refractivity contribution is -0.118. The number of nitrogens with zero attached hydrogens (tertiary/aromatic N) is 1. The molecule has 24 heavy (non-hydrogen) atoms. The van der Waals surface area contributed by atoms with Crippen LogP contribution in [0.2, 0.25) is 0 Å². The van der Waals surface area contributed by atoms with Crippen LogP contribution in [0, 0.1) is 0 Å². The third-order valence-corrected chi connectivity index (χ3v) is 3.73. The van der Waals surface area contributed by atoms with Crippen molar-refractivity contribution >= 4 is 22.7 Å². The molecule has 0 aliphatic rings. The Balaban J connectivity index is 1.90. The molecular weight excluding hydrogens is 308 g/mol. The Kier molecular flexibility index (Phi) is 4.37. The summed E-state index contributed by atoms with van der Waals surface area (Å²) in [6.07, 6.45) is 0. The number of benzene rings is 2. The van der Waals surface area contributed by atoms with Gasteiger partial charge in [-0.3, -0.25) is 9.36 Å². The van der Waals surface area contributed by atoms with E-state index in [1.807, 2.05) is 19.1 Å². The van der Waals surface area contributed by atoms with Crippen molar-refractivity contribution in [1.29, 1.82) is 0 Å². The first kappa shape index (κ1) is 15.9. The topological polar surface area (TPSA) is 73.5 Å². The molecule has 1 amide bonds. The largest absolute Gasteiger partial charge is 0.492 e. The van der Waals surface area contributed by atoms with E-state index in [1.54, 1.807) is 43.3 Å². The van der Waals surface area contributed by atoms with Crippen molar-refractivity contribution in [3.05, 3.63) is 59.1 Å². The van der Waals surface area contributed by atoms with Crippen LogP contribution in [-0.2, 0) is 4.79 Å². The molecular formula is C18H18N2O4. The van der Waals surface area contributed by atoms with Crippen LogP contribution < -0.4 is 15.8 Å². The van der Waals surface area contributed by atoms with Gasteiger partial charge in [-0.2, -0.15) is 0 Å². The van der Waals surface area contributed by atoms with Gasteiger partial charge in [0.25, 0.3) is 0 Å². The standard InChI is InChI=1S/C18H18N2O4/c1-3-23-15-10-6-4-8-13(15)19-17(21)12(2)20-14-9-5-7-11-16(14)24-18(20)22/h4-12H,3H2,1-2H3,(H,19,21). The summed E-state index contributed by atoms with van der Waals surface area (Å²) in [5.74, 6) is -0.294. The second-order valence-electron chi connectivity index (χ2n) is 5.30. The van der Waals surface area contributed by atoms with Crippen LogP contribution in [0.15, 0.2) is 57.7 Å². The van der Waals surface area contributed by atoms with Gasteiger partial charge in [-0.15, -0.1) is 0 Å². The molecule has 1 heterocycles. The van der Waals surface area contributed by atoms with E-state index in [-0.39, 0.29) is 5.91 Å². The summed E-state index contributed by atoms with van der Waals surface area (Å²) in [5.41, 5.74) is 1.61. The number of hydrogen-bond donors (Lipinski definition) is 1. The second kappa shape index (κ2) is 6.62. The molecule has 0 aliphatic heterocycles. The van der Waals surface area contributed by atoms with Gasteiger partial charge in [0.05, 0.1) is 17.8 Å². The molecule has 1 unspecified atom stereocenters. The Hall–Kier alpha value is -3.02. The van der Waals surface area contributed by atoms with Gasteiger partial charge < -0.3 is 14.5 Å². The van der Waals surface area contributed by atoms with E-state index in [0.29, 0.717) is 29.1 Å². The number of anilines is 1. The first-order chi connectivity index (χ1) is 11.6. The van der Waals surface area contributed by atoms with Crippen LogP contribution in [0.3, 0.4) is 0 Å². The van der Waals surface area contributed by atoms with Crippen molar-refractivity contribution in [2.75, 3.05) is 11.9 Å². The summed E-state index contributed by atoms with van der Waals surface area (Å²) in [4.78, 5) is 24.7. The highest BCUT2D eigenvalue weighted by atomic mass is 16.5. The highest BCUT2D eigenvalue weighted by Gasteiger charge is 2.22. The van der Waals surface area contributed by atoms with Crippen molar-refractivity contribution < 1.29 is 13.9 Å². The van der Waals surface area contributed by atoms with E-state index in [1.165, 1.54) is 4.57 Å². The molecule has 0 saturated heterocycles. The Morgan fingerprint density at radius 3 is 2.71 bits per heavy atom. The molecule has 0 spiro atoms. The summed E-state index contributed by atoms with van der Waals surface area (Å²) in [6, 6.07) is 13.5. The van der Waals surface area contributed by atoms with Gasteiger partial charge in [-0.1, -0.05) is 24.3 Å². The van der Waals surface area contributed by atoms with Crippen LogP contribution in [0.1, 0.15) is 19.9 Å². The van der Waals surface area contributed by atoms with Gasteiger partial charge in [0, 0.05) is 0 Å². The predicted octanol–water partition coefficient (Wildman–Crippen LogP) is 3.19. The van der Waals surface area contributed by atoms with Gasteiger partial charge in [0.1, 0.15) is 11.8 Å². The smallest absolute Gasteiger partial charge is 0.420 e. The fourth-order valence-electron chi connectivity index (χ4n) is 2.56. The van der Waals surface area contributed by atoms with Gasteiger partial charge >= 0.3 is 5.76 Å². The van der Waals surface area contributed by atoms with E-state index in [2.05, 4.69) is 5.32 Å². The molecule has 124 valence electrons. The van der Waals surface area contributed by atoms with Crippen LogP contribution in [-0.4, -0.2) is 17.1 Å². The molecule has 1 atom stereocenters. The van der Waals surface area contributed by atoms with E-state index < -0.39 is 11.8 Å². The van der Waals surface area contributed by atoms with Crippen molar-refractivity contribution in [2.24, 2.45) is 0 Å². The number of oxazole rings is 1. The number of ether oxygens (including phenoxy) is 1. The Labute approximate surface area is 138 Å². The van der Waals surface area contributed by atoms with E-state index in [4.69, 9.17) is 9.15 Å². The van der Waals surface area contributed by atoms with E-state index in [9.17, 15) is 9.59 Å². The molecule has 3 rings (SSSR count).